The van der Waals surface area contributed by atoms with Crippen molar-refractivity contribution in [1.29, 1.82) is 5.26 Å². The fourth-order valence-electron chi connectivity index (χ4n) is 3.13. The van der Waals surface area contributed by atoms with Crippen LogP contribution in [0.25, 0.3) is 22.2 Å². The van der Waals surface area contributed by atoms with Gasteiger partial charge in [-0.3, -0.25) is 0 Å². The summed E-state index contributed by atoms with van der Waals surface area (Å²) in [5, 5.41) is 14.1. The second kappa shape index (κ2) is 6.98. The van der Waals surface area contributed by atoms with Gasteiger partial charge in [0.05, 0.1) is 0 Å². The number of fused-ring (bicyclic) bond motifs is 1. The molecule has 0 radical (unpaired) electrons. The first kappa shape index (κ1) is 16.9. The molecule has 0 unspecified atom stereocenters. The number of benzene rings is 2. The Balaban J connectivity index is 1.72. The van der Waals surface area contributed by atoms with Crippen LogP contribution < -0.4 is 5.73 Å². The molecule has 0 aliphatic heterocycles. The summed E-state index contributed by atoms with van der Waals surface area (Å²) in [5.41, 5.74) is 9.94. The third kappa shape index (κ3) is 3.16. The lowest BCUT2D eigenvalue weighted by Gasteiger charge is -2.15. The summed E-state index contributed by atoms with van der Waals surface area (Å²) >= 11 is 0. The summed E-state index contributed by atoms with van der Waals surface area (Å²) < 4.78 is 18.9. The van der Waals surface area contributed by atoms with Crippen LogP contribution in [0.2, 0.25) is 0 Å². The second-order valence-electron chi connectivity index (χ2n) is 6.17. The molecule has 2 aromatic heterocycles. The molecule has 5 nitrogen and oxygen atoms in total. The molecule has 2 heterocycles. The molecule has 1 atom stereocenters. The predicted octanol–water partition coefficient (Wildman–Crippen LogP) is 4.14. The van der Waals surface area contributed by atoms with Crippen LogP contribution >= 0.6 is 0 Å². The van der Waals surface area contributed by atoms with E-state index in [-0.39, 0.29) is 5.69 Å². The number of pyridine rings is 1. The molecule has 0 aliphatic rings. The third-order valence-corrected chi connectivity index (χ3v) is 4.43. The molecule has 2 aromatic carbocycles. The summed E-state index contributed by atoms with van der Waals surface area (Å²) in [6.45, 7) is 0. The molecule has 0 aliphatic carbocycles. The Kier molecular flexibility index (Phi) is 4.37. The number of halogens is 1. The van der Waals surface area contributed by atoms with E-state index in [0.29, 0.717) is 17.7 Å². The highest BCUT2D eigenvalue weighted by Crippen LogP contribution is 2.33. The first-order chi connectivity index (χ1) is 13.2. The van der Waals surface area contributed by atoms with Crippen LogP contribution in [0.5, 0.6) is 0 Å². The number of rotatable bonds is 4. The Morgan fingerprint density at radius 1 is 1.07 bits per heavy atom. The average Bonchev–Trinajstić information content (AvgIpc) is 3.13. The Hall–Kier alpha value is -3.56. The maximum atomic E-state index is 13.5. The Bertz CT molecular complexity index is 1160. The van der Waals surface area contributed by atoms with Crippen molar-refractivity contribution in [3.05, 3.63) is 83.4 Å². The highest BCUT2D eigenvalue weighted by atomic mass is 19.1. The fraction of sp³-hybridized carbons (Fsp3) is 0.0952. The highest BCUT2D eigenvalue weighted by Gasteiger charge is 2.18. The van der Waals surface area contributed by atoms with Gasteiger partial charge in [-0.2, -0.15) is 5.26 Å². The number of aromatic nitrogens is 2. The molecule has 0 bridgehead atoms. The van der Waals surface area contributed by atoms with Crippen LogP contribution in [0.3, 0.4) is 0 Å². The number of nitrogens with two attached hydrogens (primary N) is 1. The lowest BCUT2D eigenvalue weighted by molar-refractivity contribution is 0.459. The molecule has 132 valence electrons. The minimum absolute atomic E-state index is 0.226. The molecular formula is C21H15FN4O. The van der Waals surface area contributed by atoms with Gasteiger partial charge in [0.25, 0.3) is 0 Å². The van der Waals surface area contributed by atoms with Crippen LogP contribution in [0, 0.1) is 17.1 Å². The van der Waals surface area contributed by atoms with Gasteiger partial charge >= 0.3 is 0 Å². The average molecular weight is 358 g/mol. The number of hydrogen-bond donors (Lipinski definition) is 1. The van der Waals surface area contributed by atoms with Gasteiger partial charge in [-0.25, -0.2) is 9.37 Å². The summed E-state index contributed by atoms with van der Waals surface area (Å²) in [5.74, 6) is -0.635. The van der Waals surface area contributed by atoms with Crippen LogP contribution in [0.1, 0.15) is 23.0 Å². The molecule has 0 spiro atoms. The first-order valence-corrected chi connectivity index (χ1v) is 8.42. The van der Waals surface area contributed by atoms with E-state index in [1.165, 1.54) is 6.07 Å². The molecule has 6 heteroatoms. The lowest BCUT2D eigenvalue weighted by Crippen LogP contribution is -2.15. The van der Waals surface area contributed by atoms with E-state index in [0.717, 1.165) is 22.2 Å². The molecule has 0 saturated heterocycles. The molecule has 0 amide bonds. The number of hydrogen-bond acceptors (Lipinski definition) is 5. The summed E-state index contributed by atoms with van der Waals surface area (Å²) in [6, 6.07) is 19.5. The van der Waals surface area contributed by atoms with Gasteiger partial charge < -0.3 is 10.3 Å². The molecule has 4 aromatic rings. The van der Waals surface area contributed by atoms with Crippen LogP contribution in [-0.2, 0) is 6.42 Å². The summed E-state index contributed by atoms with van der Waals surface area (Å²) in [4.78, 5) is 4.05. The van der Waals surface area contributed by atoms with Gasteiger partial charge in [0.1, 0.15) is 11.8 Å². The van der Waals surface area contributed by atoms with Crippen LogP contribution in [-0.4, -0.2) is 10.1 Å². The summed E-state index contributed by atoms with van der Waals surface area (Å²) in [6.07, 6.45) is 0.363. The van der Waals surface area contributed by atoms with Crippen molar-refractivity contribution in [3.8, 4) is 17.3 Å². The minimum atomic E-state index is -0.635. The SMILES string of the molecule is N#Cc1nc(C[C@H](N)c2ccccc2-c2noc3ccccc23)ccc1F. The number of nitrogens with zero attached hydrogens (tertiary/aromatic N) is 3. The van der Waals surface area contributed by atoms with Gasteiger partial charge in [-0.05, 0) is 29.8 Å². The second-order valence-corrected chi connectivity index (χ2v) is 6.17. The van der Waals surface area contributed by atoms with Crippen molar-refractivity contribution in [2.45, 2.75) is 12.5 Å². The molecule has 27 heavy (non-hydrogen) atoms. The van der Waals surface area contributed by atoms with Gasteiger partial charge in [0, 0.05) is 29.1 Å². The van der Waals surface area contributed by atoms with Crippen molar-refractivity contribution >= 4 is 11.0 Å². The molecule has 2 N–H and O–H groups in total. The Labute approximate surface area is 154 Å². The number of para-hydroxylation sites is 1. The first-order valence-electron chi connectivity index (χ1n) is 8.42. The van der Waals surface area contributed by atoms with E-state index in [1.807, 2.05) is 48.5 Å². The Morgan fingerprint density at radius 2 is 1.85 bits per heavy atom. The predicted molar refractivity (Wildman–Crippen MR) is 99.0 cm³/mol. The summed E-state index contributed by atoms with van der Waals surface area (Å²) in [7, 11) is 0. The minimum Gasteiger partial charge on any atom is -0.356 e. The quantitative estimate of drug-likeness (QED) is 0.592. The van der Waals surface area contributed by atoms with E-state index in [4.69, 9.17) is 15.5 Å². The zero-order valence-corrected chi connectivity index (χ0v) is 14.3. The van der Waals surface area contributed by atoms with Crippen molar-refractivity contribution in [2.24, 2.45) is 5.73 Å². The van der Waals surface area contributed by atoms with E-state index in [9.17, 15) is 4.39 Å². The van der Waals surface area contributed by atoms with Crippen molar-refractivity contribution in [3.63, 3.8) is 0 Å². The van der Waals surface area contributed by atoms with Crippen molar-refractivity contribution < 1.29 is 8.91 Å². The Morgan fingerprint density at radius 3 is 2.70 bits per heavy atom. The van der Waals surface area contributed by atoms with Crippen molar-refractivity contribution in [2.75, 3.05) is 0 Å². The van der Waals surface area contributed by atoms with Gasteiger partial charge in [-0.15, -0.1) is 0 Å². The van der Waals surface area contributed by atoms with E-state index in [2.05, 4.69) is 10.1 Å². The maximum absolute atomic E-state index is 13.5. The topological polar surface area (TPSA) is 88.7 Å². The fourth-order valence-corrected chi connectivity index (χ4v) is 3.13. The maximum Gasteiger partial charge on any atom is 0.176 e. The van der Waals surface area contributed by atoms with Gasteiger partial charge in [0.2, 0.25) is 0 Å². The molecular weight excluding hydrogens is 343 g/mol. The van der Waals surface area contributed by atoms with E-state index in [1.54, 1.807) is 12.1 Å². The highest BCUT2D eigenvalue weighted by molar-refractivity contribution is 5.92. The smallest absolute Gasteiger partial charge is 0.176 e. The normalized spacial score (nSPS) is 12.0. The van der Waals surface area contributed by atoms with Gasteiger partial charge in [0.15, 0.2) is 17.1 Å². The zero-order chi connectivity index (χ0) is 18.8. The zero-order valence-electron chi connectivity index (χ0n) is 14.3. The molecule has 0 saturated carbocycles. The molecule has 0 fully saturated rings. The molecule has 4 rings (SSSR count). The van der Waals surface area contributed by atoms with E-state index < -0.39 is 11.9 Å². The van der Waals surface area contributed by atoms with Crippen LogP contribution in [0.4, 0.5) is 4.39 Å². The standard InChI is InChI=1S/C21H15FN4O/c22-17-10-9-13(25-19(17)12-23)11-18(24)14-5-1-2-6-15(14)21-16-7-3-4-8-20(16)27-26-21/h1-10,18H,11,24H2/t18-/m0/s1. The third-order valence-electron chi connectivity index (χ3n) is 4.43. The van der Waals surface area contributed by atoms with E-state index >= 15 is 0 Å². The number of nitriles is 1. The monoisotopic (exact) mass is 358 g/mol. The van der Waals surface area contributed by atoms with Crippen molar-refractivity contribution in [1.82, 2.24) is 10.1 Å². The van der Waals surface area contributed by atoms with Gasteiger partial charge in [-0.1, -0.05) is 41.6 Å². The largest absolute Gasteiger partial charge is 0.356 e. The lowest BCUT2D eigenvalue weighted by atomic mass is 9.94. The van der Waals surface area contributed by atoms with Crippen LogP contribution in [0.15, 0.2) is 65.2 Å².